The van der Waals surface area contributed by atoms with Crippen LogP contribution in [0.3, 0.4) is 0 Å². The first kappa shape index (κ1) is 21.8. The van der Waals surface area contributed by atoms with E-state index in [0.29, 0.717) is 29.0 Å². The Labute approximate surface area is 191 Å². The lowest BCUT2D eigenvalue weighted by molar-refractivity contribution is 0.00754. The van der Waals surface area contributed by atoms with Gasteiger partial charge < -0.3 is 4.90 Å². The van der Waals surface area contributed by atoms with Gasteiger partial charge in [-0.3, -0.25) is 9.59 Å². The summed E-state index contributed by atoms with van der Waals surface area (Å²) in [5.41, 5.74) is 0.762. The molecule has 0 fully saturated rings. The van der Waals surface area contributed by atoms with E-state index < -0.39 is 23.5 Å². The first-order valence-corrected chi connectivity index (χ1v) is 10.6. The van der Waals surface area contributed by atoms with Crippen LogP contribution in [0.1, 0.15) is 40.2 Å². The Kier molecular flexibility index (Phi) is 5.18. The Morgan fingerprint density at radius 3 is 2.68 bits per heavy atom. The maximum absolute atomic E-state index is 14.6. The van der Waals surface area contributed by atoms with Crippen LogP contribution >= 0.6 is 0 Å². The van der Waals surface area contributed by atoms with Crippen molar-refractivity contribution in [2.75, 3.05) is 6.54 Å². The number of H-pyrrole nitrogens is 1. The van der Waals surface area contributed by atoms with Crippen LogP contribution in [0.25, 0.3) is 10.8 Å². The van der Waals surface area contributed by atoms with Crippen LogP contribution in [0.15, 0.2) is 47.3 Å². The van der Waals surface area contributed by atoms with Crippen molar-refractivity contribution in [1.29, 1.82) is 0 Å². The van der Waals surface area contributed by atoms with E-state index >= 15 is 0 Å². The quantitative estimate of drug-likeness (QED) is 0.497. The number of amides is 1. The molecule has 174 valence electrons. The van der Waals surface area contributed by atoms with Crippen LogP contribution in [0.5, 0.6) is 0 Å². The second kappa shape index (κ2) is 8.08. The van der Waals surface area contributed by atoms with Gasteiger partial charge in [-0.1, -0.05) is 24.3 Å². The van der Waals surface area contributed by atoms with E-state index in [0.717, 1.165) is 0 Å². The molecule has 0 unspecified atom stereocenters. The largest absolute Gasteiger partial charge is 0.329 e. The zero-order valence-corrected chi connectivity index (χ0v) is 18.1. The SMILES string of the molecule is CC(F)(F)c1nc2n(n1)CCN(C(=O)c1cc(Cc3n[nH]c(=O)c4ccccc34)ccc1F)C2. The fraction of sp³-hybridized carbons (Fsp3) is 0.261. The summed E-state index contributed by atoms with van der Waals surface area (Å²) in [5, 5.41) is 11.6. The molecule has 0 radical (unpaired) electrons. The highest BCUT2D eigenvalue weighted by atomic mass is 19.3. The van der Waals surface area contributed by atoms with Gasteiger partial charge in [-0.05, 0) is 23.8 Å². The Balaban J connectivity index is 1.41. The average molecular weight is 468 g/mol. The fourth-order valence-corrected chi connectivity index (χ4v) is 4.01. The summed E-state index contributed by atoms with van der Waals surface area (Å²) in [5.74, 6) is -4.85. The molecule has 0 atom stereocenters. The molecule has 5 rings (SSSR count). The van der Waals surface area contributed by atoms with E-state index in [9.17, 15) is 22.8 Å². The van der Waals surface area contributed by atoms with Gasteiger partial charge in [-0.15, -0.1) is 5.10 Å². The summed E-state index contributed by atoms with van der Waals surface area (Å²) in [4.78, 5) is 30.3. The first-order chi connectivity index (χ1) is 16.2. The van der Waals surface area contributed by atoms with Crippen molar-refractivity contribution in [3.63, 3.8) is 0 Å². The van der Waals surface area contributed by atoms with Crippen molar-refractivity contribution in [3.8, 4) is 0 Å². The fourth-order valence-electron chi connectivity index (χ4n) is 4.01. The van der Waals surface area contributed by atoms with Crippen molar-refractivity contribution in [2.24, 2.45) is 0 Å². The summed E-state index contributed by atoms with van der Waals surface area (Å²) in [6, 6.07) is 11.2. The number of nitrogens with zero attached hydrogens (tertiary/aromatic N) is 5. The standard InChI is InChI=1S/C23H19F3N6O2/c1-23(25,26)22-27-19-12-31(8-9-32(19)30-22)21(34)16-10-13(6-7-17(16)24)11-18-14-4-2-3-5-15(14)20(33)29-28-18/h2-7,10H,8-9,11-12H2,1H3,(H,29,33). The Bertz CT molecular complexity index is 1470. The third kappa shape index (κ3) is 3.93. The summed E-state index contributed by atoms with van der Waals surface area (Å²) < 4.78 is 43.1. The zero-order chi connectivity index (χ0) is 24.0. The van der Waals surface area contributed by atoms with Gasteiger partial charge in [0.25, 0.3) is 11.5 Å². The molecule has 0 saturated carbocycles. The number of benzene rings is 2. The Hall–Kier alpha value is -4.02. The van der Waals surface area contributed by atoms with Gasteiger partial charge in [0.1, 0.15) is 11.6 Å². The molecule has 0 spiro atoms. The Morgan fingerprint density at radius 2 is 1.91 bits per heavy atom. The van der Waals surface area contributed by atoms with Crippen LogP contribution in [0.2, 0.25) is 0 Å². The van der Waals surface area contributed by atoms with Crippen LogP contribution in [0, 0.1) is 5.82 Å². The number of fused-ring (bicyclic) bond motifs is 2. The molecule has 1 aliphatic rings. The smallest absolute Gasteiger partial charge is 0.305 e. The van der Waals surface area contributed by atoms with Gasteiger partial charge in [0.05, 0.1) is 29.7 Å². The van der Waals surface area contributed by atoms with E-state index in [-0.39, 0.29) is 43.0 Å². The lowest BCUT2D eigenvalue weighted by Gasteiger charge is -2.27. The van der Waals surface area contributed by atoms with Crippen LogP contribution in [0.4, 0.5) is 13.2 Å². The maximum atomic E-state index is 14.6. The third-order valence-corrected chi connectivity index (χ3v) is 5.75. The van der Waals surface area contributed by atoms with Crippen molar-refractivity contribution in [3.05, 3.63) is 87.1 Å². The second-order valence-corrected chi connectivity index (χ2v) is 8.23. The van der Waals surface area contributed by atoms with Gasteiger partial charge in [-0.2, -0.15) is 13.9 Å². The number of carbonyl (C=O) groups excluding carboxylic acids is 1. The molecule has 1 amide bonds. The van der Waals surface area contributed by atoms with Gasteiger partial charge in [0.15, 0.2) is 0 Å². The van der Waals surface area contributed by atoms with Crippen molar-refractivity contribution < 1.29 is 18.0 Å². The molecule has 34 heavy (non-hydrogen) atoms. The van der Waals surface area contributed by atoms with Gasteiger partial charge in [0, 0.05) is 25.3 Å². The molecule has 8 nitrogen and oxygen atoms in total. The minimum atomic E-state index is -3.19. The number of aromatic amines is 1. The van der Waals surface area contributed by atoms with Crippen molar-refractivity contribution in [1.82, 2.24) is 29.9 Å². The molecule has 1 aliphatic heterocycles. The second-order valence-electron chi connectivity index (χ2n) is 8.23. The molecule has 0 saturated heterocycles. The average Bonchev–Trinajstić information content (AvgIpc) is 3.26. The highest BCUT2D eigenvalue weighted by molar-refractivity contribution is 5.94. The zero-order valence-electron chi connectivity index (χ0n) is 18.1. The molecule has 3 heterocycles. The maximum Gasteiger partial charge on any atom is 0.305 e. The molecule has 1 N–H and O–H groups in total. The molecular weight excluding hydrogens is 449 g/mol. The highest BCUT2D eigenvalue weighted by Crippen LogP contribution is 2.26. The number of alkyl halides is 2. The van der Waals surface area contributed by atoms with Gasteiger partial charge >= 0.3 is 5.92 Å². The Morgan fingerprint density at radius 1 is 1.15 bits per heavy atom. The van der Waals surface area contributed by atoms with Gasteiger partial charge in [-0.25, -0.2) is 19.2 Å². The van der Waals surface area contributed by atoms with E-state index in [1.165, 1.54) is 21.7 Å². The molecule has 2 aromatic heterocycles. The van der Waals surface area contributed by atoms with Crippen molar-refractivity contribution in [2.45, 2.75) is 32.4 Å². The minimum absolute atomic E-state index is 0.0578. The number of nitrogens with one attached hydrogen (secondary N) is 1. The predicted octanol–water partition coefficient (Wildman–Crippen LogP) is 3.01. The third-order valence-electron chi connectivity index (χ3n) is 5.75. The van der Waals surface area contributed by atoms with E-state index in [4.69, 9.17) is 0 Å². The molecule has 11 heteroatoms. The minimum Gasteiger partial charge on any atom is -0.329 e. The molecular formula is C23H19F3N6O2. The predicted molar refractivity (Wildman–Crippen MR) is 116 cm³/mol. The summed E-state index contributed by atoms with van der Waals surface area (Å²) in [6.07, 6.45) is 0.265. The highest BCUT2D eigenvalue weighted by Gasteiger charge is 2.33. The van der Waals surface area contributed by atoms with E-state index in [1.54, 1.807) is 30.3 Å². The van der Waals surface area contributed by atoms with Crippen LogP contribution < -0.4 is 5.56 Å². The van der Waals surface area contributed by atoms with Crippen LogP contribution in [-0.4, -0.2) is 42.3 Å². The molecule has 0 aliphatic carbocycles. The monoisotopic (exact) mass is 468 g/mol. The van der Waals surface area contributed by atoms with E-state index in [1.807, 2.05) is 0 Å². The van der Waals surface area contributed by atoms with Crippen LogP contribution in [-0.2, 0) is 25.4 Å². The first-order valence-electron chi connectivity index (χ1n) is 10.6. The number of carbonyl (C=O) groups is 1. The van der Waals surface area contributed by atoms with E-state index in [2.05, 4.69) is 20.3 Å². The normalized spacial score (nSPS) is 13.8. The lowest BCUT2D eigenvalue weighted by Crippen LogP contribution is -2.39. The summed E-state index contributed by atoms with van der Waals surface area (Å²) >= 11 is 0. The number of hydrogen-bond acceptors (Lipinski definition) is 5. The number of rotatable bonds is 4. The molecule has 4 aromatic rings. The number of hydrogen-bond donors (Lipinski definition) is 1. The summed E-state index contributed by atoms with van der Waals surface area (Å²) in [7, 11) is 0. The lowest BCUT2D eigenvalue weighted by atomic mass is 10.0. The number of aromatic nitrogens is 5. The molecule has 2 aromatic carbocycles. The van der Waals surface area contributed by atoms with Crippen molar-refractivity contribution >= 4 is 16.7 Å². The summed E-state index contributed by atoms with van der Waals surface area (Å²) in [6.45, 7) is 1.01. The number of halogens is 3. The topological polar surface area (TPSA) is 96.8 Å². The molecule has 0 bridgehead atoms. The van der Waals surface area contributed by atoms with Gasteiger partial charge in [0.2, 0.25) is 5.82 Å².